The summed E-state index contributed by atoms with van der Waals surface area (Å²) in [4.78, 5) is 19.1. The molecule has 1 aliphatic heterocycles. The molecule has 2 atom stereocenters. The van der Waals surface area contributed by atoms with Crippen LogP contribution in [0.25, 0.3) is 0 Å². The van der Waals surface area contributed by atoms with E-state index in [1.165, 1.54) is 0 Å². The molecule has 0 bridgehead atoms. The average molecular weight is 299 g/mol. The average Bonchev–Trinajstić information content (AvgIpc) is 3.14. The lowest BCUT2D eigenvalue weighted by molar-refractivity contribution is 0.0578. The van der Waals surface area contributed by atoms with Crippen LogP contribution in [0.4, 0.5) is 0 Å². The highest BCUT2D eigenvalue weighted by atomic mass is 16.5. The molecule has 0 N–H and O–H groups in total. The molecule has 0 spiro atoms. The van der Waals surface area contributed by atoms with Crippen LogP contribution in [-0.2, 0) is 13.0 Å². The Labute approximate surface area is 130 Å². The third kappa shape index (κ3) is 2.40. The molecule has 0 aliphatic carbocycles. The van der Waals surface area contributed by atoms with Crippen molar-refractivity contribution < 1.29 is 9.32 Å². The van der Waals surface area contributed by atoms with E-state index in [9.17, 15) is 4.79 Å². The minimum atomic E-state index is -0.169. The maximum atomic E-state index is 12.7. The minimum absolute atomic E-state index is 0.0529. The number of aryl methyl sites for hydroxylation is 1. The number of benzene rings is 1. The number of fused-ring (bicyclic) bond motifs is 1. The lowest BCUT2D eigenvalue weighted by atomic mass is 9.97. The molecule has 2 aromatic rings. The molecule has 5 nitrogen and oxygen atoms in total. The zero-order valence-corrected chi connectivity index (χ0v) is 13.2. The molecule has 0 fully saturated rings. The van der Waals surface area contributed by atoms with Crippen molar-refractivity contribution in [3.05, 3.63) is 47.1 Å². The summed E-state index contributed by atoms with van der Waals surface area (Å²) >= 11 is 0. The van der Waals surface area contributed by atoms with Crippen LogP contribution in [-0.4, -0.2) is 20.9 Å². The first-order valence-corrected chi connectivity index (χ1v) is 7.87. The van der Waals surface area contributed by atoms with Gasteiger partial charge in [0.15, 0.2) is 5.82 Å². The van der Waals surface area contributed by atoms with Gasteiger partial charge in [-0.15, -0.1) is 0 Å². The Morgan fingerprint density at radius 1 is 1.32 bits per heavy atom. The molecule has 5 heteroatoms. The van der Waals surface area contributed by atoms with E-state index in [1.807, 2.05) is 36.1 Å². The number of nitrogens with zero attached hydrogens (tertiary/aromatic N) is 3. The zero-order chi connectivity index (χ0) is 15.7. The maximum absolute atomic E-state index is 12.7. The van der Waals surface area contributed by atoms with Crippen molar-refractivity contribution in [1.29, 1.82) is 0 Å². The summed E-state index contributed by atoms with van der Waals surface area (Å²) in [6, 6.07) is 7.59. The largest absolute Gasteiger partial charge is 0.337 e. The van der Waals surface area contributed by atoms with E-state index >= 15 is 0 Å². The molecule has 2 unspecified atom stereocenters. The second-order valence-corrected chi connectivity index (χ2v) is 5.82. The summed E-state index contributed by atoms with van der Waals surface area (Å²) < 4.78 is 5.45. The first kappa shape index (κ1) is 14.8. The second-order valence-electron chi connectivity index (χ2n) is 5.82. The van der Waals surface area contributed by atoms with Gasteiger partial charge >= 0.3 is 0 Å². The Kier molecular flexibility index (Phi) is 3.96. The van der Waals surface area contributed by atoms with Crippen LogP contribution in [0.15, 0.2) is 28.8 Å². The van der Waals surface area contributed by atoms with E-state index in [0.29, 0.717) is 18.3 Å². The van der Waals surface area contributed by atoms with Crippen LogP contribution < -0.4 is 0 Å². The predicted molar refractivity (Wildman–Crippen MR) is 82.2 cm³/mol. The van der Waals surface area contributed by atoms with Gasteiger partial charge < -0.3 is 9.42 Å². The number of carbonyl (C=O) groups excluding carboxylic acids is 1. The van der Waals surface area contributed by atoms with Crippen LogP contribution in [0, 0.1) is 5.92 Å². The first-order valence-electron chi connectivity index (χ1n) is 7.87. The van der Waals surface area contributed by atoms with E-state index in [1.54, 1.807) is 0 Å². The van der Waals surface area contributed by atoms with Crippen molar-refractivity contribution in [2.75, 3.05) is 0 Å². The molecule has 116 valence electrons. The highest BCUT2D eigenvalue weighted by Gasteiger charge is 2.38. The topological polar surface area (TPSA) is 59.2 Å². The summed E-state index contributed by atoms with van der Waals surface area (Å²) in [5.41, 5.74) is 1.85. The molecular weight excluding hydrogens is 278 g/mol. The standard InChI is InChI=1S/C17H21N3O2/c1-4-11(3)15(16-18-14(5-2)19-22-16)20-10-12-8-6-7-9-13(12)17(20)21/h6-9,11,15H,4-5,10H2,1-3H3. The van der Waals surface area contributed by atoms with Gasteiger partial charge in [-0.25, -0.2) is 0 Å². The summed E-state index contributed by atoms with van der Waals surface area (Å²) in [6.07, 6.45) is 1.67. The van der Waals surface area contributed by atoms with E-state index in [0.717, 1.165) is 24.0 Å². The van der Waals surface area contributed by atoms with Gasteiger partial charge in [0.25, 0.3) is 5.91 Å². The fourth-order valence-electron chi connectivity index (χ4n) is 2.94. The van der Waals surface area contributed by atoms with Gasteiger partial charge in [-0.2, -0.15) is 4.98 Å². The first-order chi connectivity index (χ1) is 10.7. The molecule has 1 amide bonds. The zero-order valence-electron chi connectivity index (χ0n) is 13.2. The van der Waals surface area contributed by atoms with Gasteiger partial charge in [-0.05, 0) is 17.5 Å². The molecule has 0 saturated carbocycles. The van der Waals surface area contributed by atoms with E-state index in [2.05, 4.69) is 24.0 Å². The second kappa shape index (κ2) is 5.91. The van der Waals surface area contributed by atoms with E-state index in [4.69, 9.17) is 4.52 Å². The smallest absolute Gasteiger partial charge is 0.255 e. The van der Waals surface area contributed by atoms with Gasteiger partial charge in [-0.3, -0.25) is 4.79 Å². The van der Waals surface area contributed by atoms with Gasteiger partial charge in [0.1, 0.15) is 6.04 Å². The van der Waals surface area contributed by atoms with E-state index in [-0.39, 0.29) is 17.9 Å². The van der Waals surface area contributed by atoms with Gasteiger partial charge in [0, 0.05) is 18.5 Å². The highest BCUT2D eigenvalue weighted by molar-refractivity contribution is 5.98. The Morgan fingerprint density at radius 2 is 2.09 bits per heavy atom. The van der Waals surface area contributed by atoms with Crippen molar-refractivity contribution in [2.45, 2.75) is 46.2 Å². The normalized spacial score (nSPS) is 16.7. The summed E-state index contributed by atoms with van der Waals surface area (Å²) in [7, 11) is 0. The fraction of sp³-hybridized carbons (Fsp3) is 0.471. The number of carbonyl (C=O) groups is 1. The monoisotopic (exact) mass is 299 g/mol. The van der Waals surface area contributed by atoms with E-state index < -0.39 is 0 Å². The minimum Gasteiger partial charge on any atom is -0.337 e. The Hall–Kier alpha value is -2.17. The molecule has 0 saturated heterocycles. The van der Waals surface area contributed by atoms with Crippen molar-refractivity contribution >= 4 is 5.91 Å². The Bertz CT molecular complexity index is 680. The molecule has 0 radical (unpaired) electrons. The number of hydrogen-bond donors (Lipinski definition) is 0. The lowest BCUT2D eigenvalue weighted by Crippen LogP contribution is -2.33. The lowest BCUT2D eigenvalue weighted by Gasteiger charge is -2.29. The summed E-state index contributed by atoms with van der Waals surface area (Å²) in [6.45, 7) is 6.83. The van der Waals surface area contributed by atoms with Crippen LogP contribution in [0.5, 0.6) is 0 Å². The SMILES string of the molecule is CCc1noc(C(C(C)CC)N2Cc3ccccc3C2=O)n1. The number of amides is 1. The van der Waals surface area contributed by atoms with Crippen LogP contribution in [0.2, 0.25) is 0 Å². The fourth-order valence-corrected chi connectivity index (χ4v) is 2.94. The van der Waals surface area contributed by atoms with Crippen molar-refractivity contribution in [1.82, 2.24) is 15.0 Å². The molecule has 1 aromatic carbocycles. The number of hydrogen-bond acceptors (Lipinski definition) is 4. The molecule has 22 heavy (non-hydrogen) atoms. The summed E-state index contributed by atoms with van der Waals surface area (Å²) in [5.74, 6) is 1.54. The molecular formula is C17H21N3O2. The highest BCUT2D eigenvalue weighted by Crippen LogP contribution is 2.36. The van der Waals surface area contributed by atoms with Crippen LogP contribution in [0.3, 0.4) is 0 Å². The molecule has 1 aliphatic rings. The maximum Gasteiger partial charge on any atom is 0.255 e. The number of aromatic nitrogens is 2. The van der Waals surface area contributed by atoms with Crippen molar-refractivity contribution in [2.24, 2.45) is 5.92 Å². The Balaban J connectivity index is 1.96. The van der Waals surface area contributed by atoms with Gasteiger partial charge in [0.2, 0.25) is 5.89 Å². The third-order valence-electron chi connectivity index (χ3n) is 4.42. The predicted octanol–water partition coefficient (Wildman–Crippen LogP) is 3.38. The Morgan fingerprint density at radius 3 is 2.73 bits per heavy atom. The van der Waals surface area contributed by atoms with Crippen LogP contribution >= 0.6 is 0 Å². The third-order valence-corrected chi connectivity index (χ3v) is 4.42. The van der Waals surface area contributed by atoms with Crippen molar-refractivity contribution in [3.63, 3.8) is 0 Å². The van der Waals surface area contributed by atoms with Crippen LogP contribution in [0.1, 0.15) is 60.9 Å². The molecule has 2 heterocycles. The summed E-state index contributed by atoms with van der Waals surface area (Å²) in [5, 5.41) is 3.99. The quantitative estimate of drug-likeness (QED) is 0.849. The molecule has 1 aromatic heterocycles. The van der Waals surface area contributed by atoms with Gasteiger partial charge in [0.05, 0.1) is 0 Å². The molecule has 3 rings (SSSR count). The van der Waals surface area contributed by atoms with Crippen molar-refractivity contribution in [3.8, 4) is 0 Å². The number of rotatable bonds is 5. The van der Waals surface area contributed by atoms with Gasteiger partial charge in [-0.1, -0.05) is 50.5 Å².